The molecule has 0 unspecified atom stereocenters. The zero-order chi connectivity index (χ0) is 21.1. The lowest BCUT2D eigenvalue weighted by Gasteiger charge is -2.10. The minimum atomic E-state index is -0.592. The number of H-pyrrole nitrogens is 1. The number of anilines is 1. The van der Waals surface area contributed by atoms with Crippen LogP contribution in [-0.4, -0.2) is 28.5 Å². The van der Waals surface area contributed by atoms with Gasteiger partial charge in [0.15, 0.2) is 6.61 Å². The highest BCUT2D eigenvalue weighted by molar-refractivity contribution is 6.31. The van der Waals surface area contributed by atoms with Gasteiger partial charge in [-0.15, -0.1) is 0 Å². The number of hydrogen-bond acceptors (Lipinski definition) is 4. The molecule has 0 radical (unpaired) electrons. The highest BCUT2D eigenvalue weighted by Gasteiger charge is 2.14. The van der Waals surface area contributed by atoms with Gasteiger partial charge in [-0.1, -0.05) is 48.0 Å². The van der Waals surface area contributed by atoms with Gasteiger partial charge in [0.05, 0.1) is 16.6 Å². The van der Waals surface area contributed by atoms with Crippen molar-refractivity contribution >= 4 is 40.2 Å². The first-order valence-electron chi connectivity index (χ1n) is 9.28. The summed E-state index contributed by atoms with van der Waals surface area (Å²) in [5.74, 6) is -0.319. The summed E-state index contributed by atoms with van der Waals surface area (Å²) in [6.07, 6.45) is 0. The summed E-state index contributed by atoms with van der Waals surface area (Å²) < 4.78 is 5.15. The average molecular weight is 420 g/mol. The molecule has 1 amide bonds. The summed E-state index contributed by atoms with van der Waals surface area (Å²) in [4.78, 5) is 32.3. The van der Waals surface area contributed by atoms with Crippen LogP contribution in [0.4, 0.5) is 5.69 Å². The predicted octanol–water partition coefficient (Wildman–Crippen LogP) is 4.99. The first-order valence-corrected chi connectivity index (χ1v) is 9.66. The molecule has 0 aliphatic rings. The first-order chi connectivity index (χ1) is 14.5. The van der Waals surface area contributed by atoms with E-state index in [9.17, 15) is 9.59 Å². The summed E-state index contributed by atoms with van der Waals surface area (Å²) in [6.45, 7) is 1.40. The fourth-order valence-corrected chi connectivity index (χ4v) is 3.19. The van der Waals surface area contributed by atoms with E-state index in [0.717, 1.165) is 16.6 Å². The molecule has 0 saturated heterocycles. The summed E-state index contributed by atoms with van der Waals surface area (Å²) in [5, 5.41) is 3.24. The van der Waals surface area contributed by atoms with Crippen LogP contribution in [0.25, 0.3) is 22.4 Å². The standard InChI is InChI=1S/C23H18ClN3O3/c1-14-17(24)8-5-9-18(14)25-21(28)13-30-23(29)16-10-11-19-20(12-16)27-22(26-19)15-6-3-2-4-7-15/h2-12H,13H2,1H3,(H,25,28)(H,26,27). The Labute approximate surface area is 177 Å². The molecular formula is C23H18ClN3O3. The Bertz CT molecular complexity index is 1240. The molecule has 0 fully saturated rings. The molecule has 0 saturated carbocycles. The molecule has 0 aliphatic carbocycles. The molecule has 0 aliphatic heterocycles. The number of hydrogen-bond donors (Lipinski definition) is 2. The van der Waals surface area contributed by atoms with Crippen molar-refractivity contribution < 1.29 is 14.3 Å². The average Bonchev–Trinajstić information content (AvgIpc) is 3.19. The van der Waals surface area contributed by atoms with Crippen molar-refractivity contribution in [2.75, 3.05) is 11.9 Å². The predicted molar refractivity (Wildman–Crippen MR) is 117 cm³/mol. The molecule has 2 N–H and O–H groups in total. The molecule has 1 heterocycles. The monoisotopic (exact) mass is 419 g/mol. The van der Waals surface area contributed by atoms with Crippen LogP contribution in [0.3, 0.4) is 0 Å². The SMILES string of the molecule is Cc1c(Cl)cccc1NC(=O)COC(=O)c1ccc2nc(-c3ccccc3)[nH]c2c1. The van der Waals surface area contributed by atoms with E-state index in [4.69, 9.17) is 16.3 Å². The van der Waals surface area contributed by atoms with Crippen molar-refractivity contribution in [1.82, 2.24) is 9.97 Å². The number of amides is 1. The van der Waals surface area contributed by atoms with Crippen LogP contribution in [0.15, 0.2) is 66.7 Å². The van der Waals surface area contributed by atoms with Gasteiger partial charge in [-0.3, -0.25) is 4.79 Å². The number of carbonyl (C=O) groups excluding carboxylic acids is 2. The van der Waals surface area contributed by atoms with Crippen LogP contribution >= 0.6 is 11.6 Å². The van der Waals surface area contributed by atoms with Crippen LogP contribution in [-0.2, 0) is 9.53 Å². The van der Waals surface area contributed by atoms with Gasteiger partial charge in [-0.25, -0.2) is 9.78 Å². The van der Waals surface area contributed by atoms with Gasteiger partial charge in [0.25, 0.3) is 5.91 Å². The van der Waals surface area contributed by atoms with Crippen molar-refractivity contribution in [2.24, 2.45) is 0 Å². The smallest absolute Gasteiger partial charge is 0.338 e. The molecule has 0 atom stereocenters. The van der Waals surface area contributed by atoms with Crippen molar-refractivity contribution in [3.05, 3.63) is 82.9 Å². The highest BCUT2D eigenvalue weighted by atomic mass is 35.5. The Balaban J connectivity index is 1.43. The van der Waals surface area contributed by atoms with Gasteiger partial charge in [0.1, 0.15) is 5.82 Å². The number of esters is 1. The number of nitrogens with one attached hydrogen (secondary N) is 2. The summed E-state index contributed by atoms with van der Waals surface area (Å²) in [7, 11) is 0. The van der Waals surface area contributed by atoms with Crippen molar-refractivity contribution in [3.63, 3.8) is 0 Å². The molecule has 1 aromatic heterocycles. The Morgan fingerprint density at radius 3 is 2.67 bits per heavy atom. The Morgan fingerprint density at radius 2 is 1.87 bits per heavy atom. The van der Waals surface area contributed by atoms with Gasteiger partial charge >= 0.3 is 5.97 Å². The van der Waals surface area contributed by atoms with Crippen LogP contribution in [0, 0.1) is 6.92 Å². The van der Waals surface area contributed by atoms with Crippen molar-refractivity contribution in [3.8, 4) is 11.4 Å². The number of fused-ring (bicyclic) bond motifs is 1. The topological polar surface area (TPSA) is 84.1 Å². The normalized spacial score (nSPS) is 10.7. The van der Waals surface area contributed by atoms with E-state index in [-0.39, 0.29) is 0 Å². The first kappa shape index (κ1) is 19.7. The zero-order valence-electron chi connectivity index (χ0n) is 16.1. The molecular weight excluding hydrogens is 402 g/mol. The van der Waals surface area contributed by atoms with E-state index in [1.807, 2.05) is 30.3 Å². The summed E-state index contributed by atoms with van der Waals surface area (Å²) >= 11 is 6.05. The molecule has 4 rings (SSSR count). The Hall–Kier alpha value is -3.64. The maximum Gasteiger partial charge on any atom is 0.338 e. The molecule has 150 valence electrons. The highest BCUT2D eigenvalue weighted by Crippen LogP contribution is 2.23. The molecule has 7 heteroatoms. The van der Waals surface area contributed by atoms with Gasteiger partial charge in [0.2, 0.25) is 0 Å². The zero-order valence-corrected chi connectivity index (χ0v) is 16.9. The third-order valence-corrected chi connectivity index (χ3v) is 5.05. The van der Waals surface area contributed by atoms with E-state index >= 15 is 0 Å². The third kappa shape index (κ3) is 4.18. The number of nitrogens with zero attached hydrogens (tertiary/aromatic N) is 1. The number of rotatable bonds is 5. The number of aromatic nitrogens is 2. The van der Waals surface area contributed by atoms with E-state index in [1.54, 1.807) is 43.3 Å². The van der Waals surface area contributed by atoms with E-state index in [0.29, 0.717) is 27.6 Å². The lowest BCUT2D eigenvalue weighted by atomic mass is 10.2. The van der Waals surface area contributed by atoms with Gasteiger partial charge in [-0.05, 0) is 42.8 Å². The Morgan fingerprint density at radius 1 is 1.07 bits per heavy atom. The van der Waals surface area contributed by atoms with E-state index < -0.39 is 18.5 Å². The second-order valence-electron chi connectivity index (χ2n) is 6.72. The van der Waals surface area contributed by atoms with Crippen LogP contribution < -0.4 is 5.32 Å². The quantitative estimate of drug-likeness (QED) is 0.446. The second-order valence-corrected chi connectivity index (χ2v) is 7.13. The summed E-state index contributed by atoms with van der Waals surface area (Å²) in [6, 6.07) is 19.9. The lowest BCUT2D eigenvalue weighted by Crippen LogP contribution is -2.21. The number of carbonyl (C=O) groups is 2. The lowest BCUT2D eigenvalue weighted by molar-refractivity contribution is -0.119. The fourth-order valence-electron chi connectivity index (χ4n) is 3.01. The second kappa shape index (κ2) is 8.39. The van der Waals surface area contributed by atoms with Gasteiger partial charge < -0.3 is 15.0 Å². The molecule has 6 nitrogen and oxygen atoms in total. The Kier molecular flexibility index (Phi) is 5.50. The maximum atomic E-state index is 12.4. The van der Waals surface area contributed by atoms with Crippen LogP contribution in [0.1, 0.15) is 15.9 Å². The number of benzene rings is 3. The summed E-state index contributed by atoms with van der Waals surface area (Å²) in [5.41, 5.74) is 4.05. The molecule has 30 heavy (non-hydrogen) atoms. The molecule has 3 aromatic carbocycles. The fraction of sp³-hybridized carbons (Fsp3) is 0.0870. The van der Waals surface area contributed by atoms with Crippen molar-refractivity contribution in [1.29, 1.82) is 0 Å². The van der Waals surface area contributed by atoms with Gasteiger partial charge in [0, 0.05) is 16.3 Å². The van der Waals surface area contributed by atoms with Gasteiger partial charge in [-0.2, -0.15) is 0 Å². The molecule has 0 spiro atoms. The minimum absolute atomic E-state index is 0.331. The van der Waals surface area contributed by atoms with Crippen LogP contribution in [0.5, 0.6) is 0 Å². The third-order valence-electron chi connectivity index (χ3n) is 4.64. The largest absolute Gasteiger partial charge is 0.452 e. The maximum absolute atomic E-state index is 12.4. The molecule has 4 aromatic rings. The number of ether oxygens (including phenoxy) is 1. The van der Waals surface area contributed by atoms with Crippen molar-refractivity contribution in [2.45, 2.75) is 6.92 Å². The van der Waals surface area contributed by atoms with Crippen LogP contribution in [0.2, 0.25) is 5.02 Å². The number of aromatic amines is 1. The molecule has 0 bridgehead atoms. The minimum Gasteiger partial charge on any atom is -0.452 e. The number of halogens is 1. The van der Waals surface area contributed by atoms with E-state index in [2.05, 4.69) is 15.3 Å². The number of imidazole rings is 1. The van der Waals surface area contributed by atoms with E-state index in [1.165, 1.54) is 0 Å².